The molecule has 0 radical (unpaired) electrons. The van der Waals surface area contributed by atoms with Crippen LogP contribution in [0.15, 0.2) is 36.5 Å². The van der Waals surface area contributed by atoms with Gasteiger partial charge < -0.3 is 5.73 Å². The van der Waals surface area contributed by atoms with Gasteiger partial charge in [0.15, 0.2) is 0 Å². The van der Waals surface area contributed by atoms with E-state index in [1.165, 1.54) is 6.42 Å². The fourth-order valence-corrected chi connectivity index (χ4v) is 1.69. The lowest BCUT2D eigenvalue weighted by atomic mass is 10.1. The van der Waals surface area contributed by atoms with Gasteiger partial charge in [-0.3, -0.25) is 4.68 Å². The summed E-state index contributed by atoms with van der Waals surface area (Å²) in [5.41, 5.74) is 8.68. The first-order valence-corrected chi connectivity index (χ1v) is 5.69. The Balaban J connectivity index is 2.25. The van der Waals surface area contributed by atoms with Crippen LogP contribution in [0.1, 0.15) is 19.8 Å². The van der Waals surface area contributed by atoms with Crippen molar-refractivity contribution in [3.05, 3.63) is 36.5 Å². The molecule has 2 rings (SSSR count). The molecule has 0 aliphatic heterocycles. The van der Waals surface area contributed by atoms with Gasteiger partial charge in [-0.2, -0.15) is 5.10 Å². The van der Waals surface area contributed by atoms with Crippen LogP contribution in [0.2, 0.25) is 0 Å². The van der Waals surface area contributed by atoms with Gasteiger partial charge in [-0.1, -0.05) is 43.7 Å². The Morgan fingerprint density at radius 3 is 2.69 bits per heavy atom. The lowest BCUT2D eigenvalue weighted by molar-refractivity contribution is 0.573. The Morgan fingerprint density at radius 2 is 2.00 bits per heavy atom. The van der Waals surface area contributed by atoms with Crippen LogP contribution in [-0.2, 0) is 6.54 Å². The van der Waals surface area contributed by atoms with Gasteiger partial charge >= 0.3 is 0 Å². The number of anilines is 1. The fraction of sp³-hybridized carbons (Fsp3) is 0.308. The van der Waals surface area contributed by atoms with Gasteiger partial charge in [-0.05, 0) is 6.42 Å². The Morgan fingerprint density at radius 1 is 1.25 bits per heavy atom. The van der Waals surface area contributed by atoms with Crippen molar-refractivity contribution >= 4 is 5.69 Å². The van der Waals surface area contributed by atoms with Crippen molar-refractivity contribution < 1.29 is 0 Å². The van der Waals surface area contributed by atoms with E-state index in [1.807, 2.05) is 41.2 Å². The predicted molar refractivity (Wildman–Crippen MR) is 67.0 cm³/mol. The van der Waals surface area contributed by atoms with E-state index in [0.29, 0.717) is 0 Å². The van der Waals surface area contributed by atoms with Crippen molar-refractivity contribution in [2.75, 3.05) is 5.73 Å². The molecule has 0 atom stereocenters. The number of nitrogen functional groups attached to an aromatic ring is 1. The molecule has 3 nitrogen and oxygen atoms in total. The molecule has 0 unspecified atom stereocenters. The van der Waals surface area contributed by atoms with Gasteiger partial charge in [0.1, 0.15) is 5.69 Å². The first-order chi connectivity index (χ1) is 7.81. The second kappa shape index (κ2) is 4.84. The standard InChI is InChI=1S/C13H17N3/c1-2-3-9-16-10-12(14)13(15-16)11-7-5-4-6-8-11/h4-8,10H,2-3,9,14H2,1H3. The molecule has 2 aromatic rings. The maximum absolute atomic E-state index is 5.96. The van der Waals surface area contributed by atoms with Crippen LogP contribution in [0.3, 0.4) is 0 Å². The van der Waals surface area contributed by atoms with Crippen LogP contribution in [-0.4, -0.2) is 9.78 Å². The number of hydrogen-bond donors (Lipinski definition) is 1. The molecule has 0 aliphatic rings. The number of rotatable bonds is 4. The molecule has 0 amide bonds. The van der Waals surface area contributed by atoms with Gasteiger partial charge in [0, 0.05) is 18.3 Å². The molecule has 1 heterocycles. The summed E-state index contributed by atoms with van der Waals surface area (Å²) in [6.07, 6.45) is 4.22. The molecule has 0 saturated carbocycles. The van der Waals surface area contributed by atoms with E-state index < -0.39 is 0 Å². The maximum atomic E-state index is 5.96. The molecule has 1 aromatic carbocycles. The van der Waals surface area contributed by atoms with E-state index in [9.17, 15) is 0 Å². The maximum Gasteiger partial charge on any atom is 0.115 e. The van der Waals surface area contributed by atoms with E-state index in [1.54, 1.807) is 0 Å². The lowest BCUT2D eigenvalue weighted by Crippen LogP contribution is -1.97. The summed E-state index contributed by atoms with van der Waals surface area (Å²) in [6.45, 7) is 3.11. The quantitative estimate of drug-likeness (QED) is 0.852. The van der Waals surface area contributed by atoms with Crippen molar-refractivity contribution in [1.29, 1.82) is 0 Å². The Bertz CT molecular complexity index is 445. The monoisotopic (exact) mass is 215 g/mol. The Kier molecular flexibility index (Phi) is 3.25. The summed E-state index contributed by atoms with van der Waals surface area (Å²) in [6, 6.07) is 10.1. The number of nitrogens with two attached hydrogens (primary N) is 1. The van der Waals surface area contributed by atoms with Crippen LogP contribution >= 0.6 is 0 Å². The topological polar surface area (TPSA) is 43.8 Å². The number of aryl methyl sites for hydroxylation is 1. The van der Waals surface area contributed by atoms with Gasteiger partial charge in [0.2, 0.25) is 0 Å². The van der Waals surface area contributed by atoms with Crippen LogP contribution in [0.4, 0.5) is 5.69 Å². The molecular formula is C13H17N3. The summed E-state index contributed by atoms with van der Waals surface area (Å²) >= 11 is 0. The van der Waals surface area contributed by atoms with Crippen molar-refractivity contribution in [3.8, 4) is 11.3 Å². The SMILES string of the molecule is CCCCn1cc(N)c(-c2ccccc2)n1. The summed E-state index contributed by atoms with van der Waals surface area (Å²) in [5, 5.41) is 4.51. The average Bonchev–Trinajstić information content (AvgIpc) is 2.69. The fourth-order valence-electron chi connectivity index (χ4n) is 1.69. The number of aromatic nitrogens is 2. The van der Waals surface area contributed by atoms with Crippen LogP contribution < -0.4 is 5.73 Å². The number of nitrogens with zero attached hydrogens (tertiary/aromatic N) is 2. The first kappa shape index (κ1) is 10.7. The molecule has 0 aliphatic carbocycles. The molecule has 2 N–H and O–H groups in total. The highest BCUT2D eigenvalue weighted by Gasteiger charge is 2.07. The second-order valence-corrected chi connectivity index (χ2v) is 3.92. The smallest absolute Gasteiger partial charge is 0.115 e. The minimum Gasteiger partial charge on any atom is -0.396 e. The minimum absolute atomic E-state index is 0.752. The van der Waals surface area contributed by atoms with Crippen LogP contribution in [0.5, 0.6) is 0 Å². The molecular weight excluding hydrogens is 198 g/mol. The Hall–Kier alpha value is -1.77. The van der Waals surface area contributed by atoms with Crippen LogP contribution in [0.25, 0.3) is 11.3 Å². The third-order valence-corrected chi connectivity index (χ3v) is 2.58. The zero-order chi connectivity index (χ0) is 11.4. The van der Waals surface area contributed by atoms with Crippen molar-refractivity contribution in [1.82, 2.24) is 9.78 Å². The van der Waals surface area contributed by atoms with E-state index in [4.69, 9.17) is 5.73 Å². The molecule has 84 valence electrons. The highest BCUT2D eigenvalue weighted by Crippen LogP contribution is 2.23. The molecule has 3 heteroatoms. The van der Waals surface area contributed by atoms with Gasteiger partial charge in [-0.15, -0.1) is 0 Å². The third-order valence-electron chi connectivity index (χ3n) is 2.58. The molecule has 0 saturated heterocycles. The molecule has 1 aromatic heterocycles. The van der Waals surface area contributed by atoms with Crippen molar-refractivity contribution in [2.24, 2.45) is 0 Å². The zero-order valence-electron chi connectivity index (χ0n) is 9.56. The molecule has 16 heavy (non-hydrogen) atoms. The van der Waals surface area contributed by atoms with E-state index in [0.717, 1.165) is 29.9 Å². The predicted octanol–water partition coefficient (Wildman–Crippen LogP) is 2.93. The highest BCUT2D eigenvalue weighted by molar-refractivity contribution is 5.71. The summed E-state index contributed by atoms with van der Waals surface area (Å²) in [4.78, 5) is 0. The van der Waals surface area contributed by atoms with E-state index in [-0.39, 0.29) is 0 Å². The molecule has 0 spiro atoms. The number of hydrogen-bond acceptors (Lipinski definition) is 2. The van der Waals surface area contributed by atoms with Gasteiger partial charge in [-0.25, -0.2) is 0 Å². The zero-order valence-corrected chi connectivity index (χ0v) is 9.56. The summed E-state index contributed by atoms with van der Waals surface area (Å²) in [5.74, 6) is 0. The Labute approximate surface area is 95.9 Å². The molecule has 0 bridgehead atoms. The second-order valence-electron chi connectivity index (χ2n) is 3.92. The summed E-state index contributed by atoms with van der Waals surface area (Å²) < 4.78 is 1.93. The van der Waals surface area contributed by atoms with E-state index >= 15 is 0 Å². The first-order valence-electron chi connectivity index (χ1n) is 5.69. The van der Waals surface area contributed by atoms with E-state index in [2.05, 4.69) is 12.0 Å². The van der Waals surface area contributed by atoms with Crippen molar-refractivity contribution in [2.45, 2.75) is 26.3 Å². The van der Waals surface area contributed by atoms with Crippen molar-refractivity contribution in [3.63, 3.8) is 0 Å². The normalized spacial score (nSPS) is 10.6. The largest absolute Gasteiger partial charge is 0.396 e. The number of benzene rings is 1. The van der Waals surface area contributed by atoms with Gasteiger partial charge in [0.05, 0.1) is 5.69 Å². The molecule has 0 fully saturated rings. The highest BCUT2D eigenvalue weighted by atomic mass is 15.3. The lowest BCUT2D eigenvalue weighted by Gasteiger charge is -1.98. The van der Waals surface area contributed by atoms with Crippen LogP contribution in [0, 0.1) is 0 Å². The average molecular weight is 215 g/mol. The third kappa shape index (κ3) is 2.24. The summed E-state index contributed by atoms with van der Waals surface area (Å²) in [7, 11) is 0. The minimum atomic E-state index is 0.752. The van der Waals surface area contributed by atoms with Gasteiger partial charge in [0.25, 0.3) is 0 Å². The number of unbranched alkanes of at least 4 members (excludes halogenated alkanes) is 1.